The molecule has 0 N–H and O–H groups in total. The fourth-order valence-electron chi connectivity index (χ4n) is 2.27. The van der Waals surface area contributed by atoms with Gasteiger partial charge < -0.3 is 9.30 Å². The van der Waals surface area contributed by atoms with Gasteiger partial charge in [0.1, 0.15) is 0 Å². The molecule has 0 aliphatic rings. The lowest BCUT2D eigenvalue weighted by molar-refractivity contribution is 0.0582. The van der Waals surface area contributed by atoms with Gasteiger partial charge in [0.25, 0.3) is 0 Å². The highest BCUT2D eigenvalue weighted by atomic mass is 35.5. The Bertz CT molecular complexity index is 797. The summed E-state index contributed by atoms with van der Waals surface area (Å²) in [5.41, 5.74) is 2.60. The number of carbonyl (C=O) groups is 1. The van der Waals surface area contributed by atoms with Crippen molar-refractivity contribution >= 4 is 28.6 Å². The highest BCUT2D eigenvalue weighted by Gasteiger charge is 2.18. The molecule has 0 saturated heterocycles. The Balaban J connectivity index is 2.17. The minimum atomic E-state index is -0.460. The summed E-state index contributed by atoms with van der Waals surface area (Å²) < 4.78 is 6.64. The zero-order valence-corrected chi connectivity index (χ0v) is 12.2. The number of hydrogen-bond donors (Lipinski definition) is 0. The maximum Gasteiger partial charge on any atom is 0.374 e. The molecule has 1 heterocycles. The van der Waals surface area contributed by atoms with E-state index < -0.39 is 5.97 Å². The number of methoxy groups -OCH3 is 1. The minimum absolute atomic E-state index is 0.276. The molecule has 4 nitrogen and oxygen atoms in total. The molecule has 0 bridgehead atoms. The van der Waals surface area contributed by atoms with Crippen LogP contribution in [0.2, 0.25) is 5.02 Å². The van der Waals surface area contributed by atoms with E-state index >= 15 is 0 Å². The molecule has 0 unspecified atom stereocenters. The van der Waals surface area contributed by atoms with Gasteiger partial charge in [-0.1, -0.05) is 41.9 Å². The summed E-state index contributed by atoms with van der Waals surface area (Å²) in [6.45, 7) is 0.530. The molecule has 5 heteroatoms. The summed E-state index contributed by atoms with van der Waals surface area (Å²) in [5.74, 6) is -0.183. The number of fused-ring (bicyclic) bond motifs is 1. The number of halogens is 1. The maximum atomic E-state index is 11.9. The molecular formula is C16H13ClN2O2. The molecule has 0 aliphatic carbocycles. The summed E-state index contributed by atoms with van der Waals surface area (Å²) in [6.07, 6.45) is 0. The lowest BCUT2D eigenvalue weighted by Gasteiger charge is -2.08. The Morgan fingerprint density at radius 2 is 2.00 bits per heavy atom. The fourth-order valence-corrected chi connectivity index (χ4v) is 2.44. The van der Waals surface area contributed by atoms with Gasteiger partial charge in [0.05, 0.1) is 18.1 Å². The zero-order valence-electron chi connectivity index (χ0n) is 11.4. The van der Waals surface area contributed by atoms with Crippen molar-refractivity contribution in [2.75, 3.05) is 7.11 Å². The molecule has 0 fully saturated rings. The Labute approximate surface area is 126 Å². The van der Waals surface area contributed by atoms with E-state index in [2.05, 4.69) is 4.98 Å². The van der Waals surface area contributed by atoms with Crippen LogP contribution in [0.4, 0.5) is 0 Å². The van der Waals surface area contributed by atoms with Crippen molar-refractivity contribution in [2.45, 2.75) is 6.54 Å². The topological polar surface area (TPSA) is 44.1 Å². The number of imidazole rings is 1. The first-order valence-electron chi connectivity index (χ1n) is 6.47. The summed E-state index contributed by atoms with van der Waals surface area (Å²) in [5, 5.41) is 0.605. The van der Waals surface area contributed by atoms with E-state index in [-0.39, 0.29) is 5.82 Å². The van der Waals surface area contributed by atoms with Gasteiger partial charge in [0, 0.05) is 11.6 Å². The van der Waals surface area contributed by atoms with Crippen LogP contribution < -0.4 is 0 Å². The molecule has 0 aliphatic heterocycles. The third kappa shape index (κ3) is 2.62. The second-order valence-corrected chi connectivity index (χ2v) is 5.07. The van der Waals surface area contributed by atoms with Gasteiger partial charge in [-0.2, -0.15) is 0 Å². The molecule has 0 saturated carbocycles. The molecule has 0 amide bonds. The van der Waals surface area contributed by atoms with Gasteiger partial charge in [0.15, 0.2) is 0 Å². The predicted octanol–water partition coefficient (Wildman–Crippen LogP) is 3.52. The van der Waals surface area contributed by atoms with Crippen molar-refractivity contribution < 1.29 is 9.53 Å². The normalized spacial score (nSPS) is 10.8. The average molecular weight is 301 g/mol. The quantitative estimate of drug-likeness (QED) is 0.695. The van der Waals surface area contributed by atoms with E-state index in [1.54, 1.807) is 18.2 Å². The van der Waals surface area contributed by atoms with Crippen molar-refractivity contribution in [3.05, 3.63) is 64.9 Å². The van der Waals surface area contributed by atoms with Crippen molar-refractivity contribution in [1.29, 1.82) is 0 Å². The highest BCUT2D eigenvalue weighted by molar-refractivity contribution is 6.31. The number of aromatic nitrogens is 2. The number of ether oxygens (including phenoxy) is 1. The molecule has 106 valence electrons. The van der Waals surface area contributed by atoms with E-state index in [0.29, 0.717) is 11.6 Å². The molecular weight excluding hydrogens is 288 g/mol. The van der Waals surface area contributed by atoms with E-state index in [1.165, 1.54) is 7.11 Å². The summed E-state index contributed by atoms with van der Waals surface area (Å²) in [4.78, 5) is 16.3. The van der Waals surface area contributed by atoms with Crippen LogP contribution in [0.25, 0.3) is 11.0 Å². The van der Waals surface area contributed by atoms with Crippen LogP contribution in [-0.4, -0.2) is 22.6 Å². The third-order valence-electron chi connectivity index (χ3n) is 3.26. The standard InChI is InChI=1S/C16H13ClN2O2/c1-21-16(20)15-18-13-8-7-12(17)9-14(13)19(15)10-11-5-3-2-4-6-11/h2-9H,10H2,1H3. The van der Waals surface area contributed by atoms with Crippen LogP contribution in [-0.2, 0) is 11.3 Å². The van der Waals surface area contributed by atoms with Crippen LogP contribution in [0.1, 0.15) is 16.2 Å². The van der Waals surface area contributed by atoms with Gasteiger partial charge in [-0.3, -0.25) is 0 Å². The largest absolute Gasteiger partial charge is 0.463 e. The summed E-state index contributed by atoms with van der Waals surface area (Å²) in [7, 11) is 1.35. The van der Waals surface area contributed by atoms with Crippen molar-refractivity contribution in [3.63, 3.8) is 0 Å². The number of esters is 1. The number of nitrogens with zero attached hydrogens (tertiary/aromatic N) is 2. The van der Waals surface area contributed by atoms with E-state index in [1.807, 2.05) is 34.9 Å². The number of carbonyl (C=O) groups excluding carboxylic acids is 1. The molecule has 0 radical (unpaired) electrons. The first kappa shape index (κ1) is 13.6. The Morgan fingerprint density at radius 1 is 1.24 bits per heavy atom. The first-order valence-corrected chi connectivity index (χ1v) is 6.85. The Kier molecular flexibility index (Phi) is 3.62. The van der Waals surface area contributed by atoms with Crippen LogP contribution in [0.3, 0.4) is 0 Å². The molecule has 3 rings (SSSR count). The first-order chi connectivity index (χ1) is 10.2. The maximum absolute atomic E-state index is 11.9. The van der Waals surface area contributed by atoms with Crippen molar-refractivity contribution in [1.82, 2.24) is 9.55 Å². The Hall–Kier alpha value is -2.33. The van der Waals surface area contributed by atoms with Gasteiger partial charge in [-0.25, -0.2) is 9.78 Å². The molecule has 2 aromatic carbocycles. The molecule has 3 aromatic rings. The van der Waals surface area contributed by atoms with E-state index in [0.717, 1.165) is 16.6 Å². The third-order valence-corrected chi connectivity index (χ3v) is 3.50. The zero-order chi connectivity index (χ0) is 14.8. The monoisotopic (exact) mass is 300 g/mol. The number of hydrogen-bond acceptors (Lipinski definition) is 3. The van der Waals surface area contributed by atoms with Crippen LogP contribution in [0.15, 0.2) is 48.5 Å². The van der Waals surface area contributed by atoms with Crippen LogP contribution in [0.5, 0.6) is 0 Å². The van der Waals surface area contributed by atoms with Gasteiger partial charge in [-0.15, -0.1) is 0 Å². The number of benzene rings is 2. The number of rotatable bonds is 3. The lowest BCUT2D eigenvalue weighted by Crippen LogP contribution is -2.12. The SMILES string of the molecule is COC(=O)c1nc2ccc(Cl)cc2n1Cc1ccccc1. The smallest absolute Gasteiger partial charge is 0.374 e. The van der Waals surface area contributed by atoms with Gasteiger partial charge >= 0.3 is 5.97 Å². The molecule has 1 aromatic heterocycles. The van der Waals surface area contributed by atoms with E-state index in [9.17, 15) is 4.79 Å². The van der Waals surface area contributed by atoms with Crippen LogP contribution in [0, 0.1) is 0 Å². The molecule has 0 spiro atoms. The van der Waals surface area contributed by atoms with E-state index in [4.69, 9.17) is 16.3 Å². The average Bonchev–Trinajstić information content (AvgIpc) is 2.86. The second-order valence-electron chi connectivity index (χ2n) is 4.63. The van der Waals surface area contributed by atoms with Crippen molar-refractivity contribution in [3.8, 4) is 0 Å². The molecule has 0 atom stereocenters. The minimum Gasteiger partial charge on any atom is -0.463 e. The highest BCUT2D eigenvalue weighted by Crippen LogP contribution is 2.22. The predicted molar refractivity (Wildman–Crippen MR) is 81.6 cm³/mol. The second kappa shape index (κ2) is 5.58. The van der Waals surface area contributed by atoms with Crippen LogP contribution >= 0.6 is 11.6 Å². The van der Waals surface area contributed by atoms with Gasteiger partial charge in [-0.05, 0) is 23.8 Å². The summed E-state index contributed by atoms with van der Waals surface area (Å²) in [6, 6.07) is 15.2. The van der Waals surface area contributed by atoms with Crippen molar-refractivity contribution in [2.24, 2.45) is 0 Å². The fraction of sp³-hybridized carbons (Fsp3) is 0.125. The summed E-state index contributed by atoms with van der Waals surface area (Å²) >= 11 is 6.06. The van der Waals surface area contributed by atoms with Gasteiger partial charge in [0.2, 0.25) is 5.82 Å². The molecule has 21 heavy (non-hydrogen) atoms. The lowest BCUT2D eigenvalue weighted by atomic mass is 10.2. The Morgan fingerprint density at radius 3 is 2.71 bits per heavy atom.